The average Bonchev–Trinajstić information content (AvgIpc) is 3.26. The van der Waals surface area contributed by atoms with Crippen LogP contribution in [0.5, 0.6) is 0 Å². The molecule has 0 aliphatic rings. The molecule has 0 nitrogen and oxygen atoms in total. The van der Waals surface area contributed by atoms with E-state index in [1.54, 1.807) is 0 Å². The maximum atomic E-state index is 4.06. The minimum Gasteiger partial charge on any atom is -0.114 e. The third-order valence-electron chi connectivity index (χ3n) is 12.2. The molecule has 0 N–H and O–H groups in total. The zero-order valence-electron chi connectivity index (χ0n) is 33.6. The summed E-state index contributed by atoms with van der Waals surface area (Å²) in [5, 5.41) is 15.1. The molecule has 0 radical (unpaired) electrons. The van der Waals surface area contributed by atoms with E-state index in [9.17, 15) is 0 Å². The largest absolute Gasteiger partial charge is 0.202 e. The van der Waals surface area contributed by atoms with Gasteiger partial charge in [0, 0.05) is 11.1 Å². The zero-order chi connectivity index (χ0) is 39.7. The molecule has 9 aromatic rings. The molecule has 9 rings (SSSR count). The highest BCUT2D eigenvalue weighted by Crippen LogP contribution is 2.33. The summed E-state index contributed by atoms with van der Waals surface area (Å²) in [7, 11) is -5.07. The van der Waals surface area contributed by atoms with Crippen LogP contribution in [0.25, 0.3) is 43.1 Å². The van der Waals surface area contributed by atoms with Crippen LogP contribution in [-0.4, -0.2) is 16.1 Å². The van der Waals surface area contributed by atoms with E-state index >= 15 is 0 Å². The van der Waals surface area contributed by atoms with Gasteiger partial charge in [0.15, 0.2) is 0 Å². The van der Waals surface area contributed by atoms with Gasteiger partial charge in [-0.25, -0.2) is 0 Å². The van der Waals surface area contributed by atoms with E-state index in [0.717, 1.165) is 21.9 Å². The predicted octanol–water partition coefficient (Wildman–Crippen LogP) is 11.4. The van der Waals surface area contributed by atoms with Gasteiger partial charge in [0.05, 0.1) is 0 Å². The predicted molar refractivity (Wildman–Crippen MR) is 256 cm³/mol. The summed E-state index contributed by atoms with van der Waals surface area (Å²) in [4.78, 5) is 0. The van der Waals surface area contributed by atoms with Crippen molar-refractivity contribution in [3.63, 3.8) is 0 Å². The molecule has 278 valence electrons. The molecule has 0 aliphatic carbocycles. The Bertz CT molecular complexity index is 2760. The van der Waals surface area contributed by atoms with Crippen LogP contribution >= 0.6 is 0 Å². The number of benzene rings is 9. The molecule has 0 spiro atoms. The molecule has 9 aromatic carbocycles. The number of hydrogen-bond acceptors (Lipinski definition) is 0. The Morgan fingerprint density at radius 3 is 0.897 bits per heavy atom. The van der Waals surface area contributed by atoms with E-state index in [4.69, 9.17) is 0 Å². The van der Waals surface area contributed by atoms with Gasteiger partial charge in [-0.1, -0.05) is 185 Å². The zero-order valence-corrected chi connectivity index (χ0v) is 35.6. The lowest BCUT2D eigenvalue weighted by molar-refractivity contribution is 1.04. The second kappa shape index (κ2) is 15.5. The van der Waals surface area contributed by atoms with Gasteiger partial charge in [-0.05, 0) is 123 Å². The molecule has 0 amide bonds. The van der Waals surface area contributed by atoms with Gasteiger partial charge in [0.2, 0.25) is 16.1 Å². The molecule has 0 saturated heterocycles. The van der Waals surface area contributed by atoms with Crippen LogP contribution < -0.4 is 20.7 Å². The topological polar surface area (TPSA) is 0 Å². The first kappa shape index (κ1) is 37.2. The van der Waals surface area contributed by atoms with Crippen molar-refractivity contribution in [3.8, 4) is 22.9 Å². The molecular weight excluding hydrogens is 729 g/mol. The molecule has 0 unspecified atom stereocenters. The molecule has 0 saturated carbocycles. The normalized spacial score (nSPS) is 11.8. The average molecular weight is 775 g/mol. The Morgan fingerprint density at radius 2 is 0.586 bits per heavy atom. The summed E-state index contributed by atoms with van der Waals surface area (Å²) in [5.74, 6) is 7.75. The van der Waals surface area contributed by atoms with Gasteiger partial charge in [0.25, 0.3) is 0 Å². The Kier molecular flexibility index (Phi) is 9.93. The van der Waals surface area contributed by atoms with Crippen LogP contribution in [0.1, 0.15) is 38.8 Å². The van der Waals surface area contributed by atoms with Crippen LogP contribution in [0, 0.1) is 22.9 Å². The lowest BCUT2D eigenvalue weighted by Crippen LogP contribution is -2.59. The maximum Gasteiger partial charge on any atom is 0.202 e. The van der Waals surface area contributed by atoms with E-state index < -0.39 is 16.1 Å². The second-order valence-electron chi connectivity index (χ2n) is 16.2. The quantitative estimate of drug-likeness (QED) is 0.0897. The van der Waals surface area contributed by atoms with Crippen molar-refractivity contribution in [1.82, 2.24) is 0 Å². The van der Waals surface area contributed by atoms with Crippen molar-refractivity contribution < 1.29 is 0 Å². The monoisotopic (exact) mass is 774 g/mol. The van der Waals surface area contributed by atoms with E-state index in [1.165, 1.54) is 53.1 Å². The summed E-state index contributed by atoms with van der Waals surface area (Å²) in [6.07, 6.45) is 0. The summed E-state index contributed by atoms with van der Waals surface area (Å²) in [6, 6.07) is 71.3. The summed E-state index contributed by atoms with van der Waals surface area (Å²) < 4.78 is 0. The van der Waals surface area contributed by atoms with Gasteiger partial charge in [0.1, 0.15) is 0 Å². The van der Waals surface area contributed by atoms with E-state index in [0.29, 0.717) is 11.1 Å². The highest BCUT2D eigenvalue weighted by molar-refractivity contribution is 7.09. The van der Waals surface area contributed by atoms with Gasteiger partial charge < -0.3 is 0 Å². The molecule has 2 heteroatoms. The highest BCUT2D eigenvalue weighted by Gasteiger charge is 2.40. The van der Waals surface area contributed by atoms with Crippen LogP contribution in [0.2, 0.25) is 11.1 Å². The lowest BCUT2D eigenvalue weighted by Gasteiger charge is -2.31. The molecular formula is C56H46Si2. The van der Waals surface area contributed by atoms with E-state index in [-0.39, 0.29) is 0 Å². The fourth-order valence-corrected chi connectivity index (χ4v) is 17.2. The third-order valence-corrected chi connectivity index (χ3v) is 21.7. The second-order valence-corrected chi connectivity index (χ2v) is 24.5. The van der Waals surface area contributed by atoms with Crippen molar-refractivity contribution in [1.29, 1.82) is 0 Å². The fraction of sp³-hybridized carbons (Fsp3) is 0.107. The Hall–Kier alpha value is -6.43. The Labute approximate surface area is 345 Å². The molecule has 0 aliphatic heterocycles. The smallest absolute Gasteiger partial charge is 0.114 e. The number of fused-ring (bicyclic) bond motifs is 4. The Balaban J connectivity index is 1.32. The van der Waals surface area contributed by atoms with E-state index in [2.05, 4.69) is 245 Å². The van der Waals surface area contributed by atoms with Crippen molar-refractivity contribution in [2.75, 3.05) is 0 Å². The highest BCUT2D eigenvalue weighted by atomic mass is 28.3. The van der Waals surface area contributed by atoms with Crippen molar-refractivity contribution >= 4 is 80.0 Å². The number of rotatable bonds is 6. The maximum absolute atomic E-state index is 4.06. The molecule has 0 bridgehead atoms. The summed E-state index contributed by atoms with van der Waals surface area (Å²) in [5.41, 5.74) is 10.9. The van der Waals surface area contributed by atoms with Crippen molar-refractivity contribution in [2.45, 2.75) is 38.8 Å². The first-order valence-electron chi connectivity index (χ1n) is 20.5. The molecule has 0 heterocycles. The number of hydrogen-bond donors (Lipinski definition) is 0. The standard InChI is InChI=1S/C56H46Si2/c1-41(2)57(51-21-9-5-10-22-51,52-23-11-6-12-24-52)33-31-43-29-30-44(32-34-58(42(3)4,53-25-13-7-14-26-53)54-27-15-8-16-28-54)56-40-50-38-48-36-46-20-18-17-19-45(46)35-47(48)37-49(50)39-55(43)56/h5-30,35-42H,1-4H3. The molecule has 58 heavy (non-hydrogen) atoms. The summed E-state index contributed by atoms with van der Waals surface area (Å²) >= 11 is 0. The van der Waals surface area contributed by atoms with Crippen LogP contribution in [0.4, 0.5) is 0 Å². The minimum absolute atomic E-state index is 0.355. The van der Waals surface area contributed by atoms with E-state index in [1.807, 2.05) is 0 Å². The van der Waals surface area contributed by atoms with Crippen LogP contribution in [0.3, 0.4) is 0 Å². The van der Waals surface area contributed by atoms with Crippen molar-refractivity contribution in [3.05, 3.63) is 205 Å². The SMILES string of the molecule is CC(C)[Si](C#Cc1ccc(C#C[Si](c2ccccc2)(c2ccccc2)C(C)C)c2cc3cc4cc5ccccc5cc4cc3cc12)(c1ccccc1)c1ccccc1. The molecule has 0 atom stereocenters. The lowest BCUT2D eigenvalue weighted by atomic mass is 9.94. The van der Waals surface area contributed by atoms with Gasteiger partial charge in [-0.3, -0.25) is 0 Å². The van der Waals surface area contributed by atoms with Crippen LogP contribution in [0.15, 0.2) is 194 Å². The van der Waals surface area contributed by atoms with Crippen molar-refractivity contribution in [2.24, 2.45) is 0 Å². The summed E-state index contributed by atoms with van der Waals surface area (Å²) in [6.45, 7) is 9.41. The first-order chi connectivity index (χ1) is 28.4. The van der Waals surface area contributed by atoms with Gasteiger partial charge >= 0.3 is 0 Å². The van der Waals surface area contributed by atoms with Gasteiger partial charge in [-0.2, -0.15) is 0 Å². The third kappa shape index (κ3) is 6.56. The first-order valence-corrected chi connectivity index (χ1v) is 24.6. The Morgan fingerprint density at radius 1 is 0.310 bits per heavy atom. The van der Waals surface area contributed by atoms with Gasteiger partial charge in [-0.15, -0.1) is 11.1 Å². The van der Waals surface area contributed by atoms with Crippen LogP contribution in [-0.2, 0) is 0 Å². The fourth-order valence-electron chi connectivity index (χ4n) is 9.13. The minimum atomic E-state index is -2.54. The molecule has 0 aromatic heterocycles. The molecule has 0 fully saturated rings.